The minimum Gasteiger partial charge on any atom is -0.465 e. The molecule has 2 rings (SSSR count). The molecule has 0 aliphatic heterocycles. The molecule has 0 spiro atoms. The molecule has 0 bridgehead atoms. The van der Waals surface area contributed by atoms with Crippen molar-refractivity contribution in [1.82, 2.24) is 5.32 Å². The van der Waals surface area contributed by atoms with Gasteiger partial charge in [-0.15, -0.1) is 0 Å². The average molecular weight is 354 g/mol. The first kappa shape index (κ1) is 19.2. The number of anilines is 1. The highest BCUT2D eigenvalue weighted by molar-refractivity contribution is 5.97. The van der Waals surface area contributed by atoms with Gasteiger partial charge in [-0.1, -0.05) is 18.2 Å². The number of benzene rings is 2. The molecule has 0 atom stereocenters. The van der Waals surface area contributed by atoms with Crippen LogP contribution in [-0.4, -0.2) is 31.4 Å². The third-order valence-corrected chi connectivity index (χ3v) is 3.95. The topological polar surface area (TPSA) is 84.5 Å². The van der Waals surface area contributed by atoms with Crippen LogP contribution in [0.3, 0.4) is 0 Å². The molecular weight excluding hydrogens is 332 g/mol. The molecule has 0 aliphatic rings. The van der Waals surface area contributed by atoms with E-state index in [1.54, 1.807) is 37.3 Å². The van der Waals surface area contributed by atoms with E-state index < -0.39 is 5.97 Å². The second-order valence-corrected chi connectivity index (χ2v) is 5.89. The molecule has 0 saturated heterocycles. The van der Waals surface area contributed by atoms with Crippen molar-refractivity contribution in [3.05, 3.63) is 64.7 Å². The number of amides is 2. The minimum atomic E-state index is -0.426. The Morgan fingerprint density at radius 1 is 1.00 bits per heavy atom. The second-order valence-electron chi connectivity index (χ2n) is 5.89. The first-order chi connectivity index (χ1) is 12.4. The van der Waals surface area contributed by atoms with Gasteiger partial charge in [-0.05, 0) is 49.2 Å². The van der Waals surface area contributed by atoms with Crippen LogP contribution in [0.25, 0.3) is 0 Å². The zero-order valence-corrected chi connectivity index (χ0v) is 15.1. The fraction of sp³-hybridized carbons (Fsp3) is 0.250. The van der Waals surface area contributed by atoms with Gasteiger partial charge in [-0.25, -0.2) is 4.79 Å². The molecule has 0 fully saturated rings. The van der Waals surface area contributed by atoms with Gasteiger partial charge in [0.15, 0.2) is 0 Å². The Kier molecular flexibility index (Phi) is 6.49. The highest BCUT2D eigenvalue weighted by Gasteiger charge is 2.11. The highest BCUT2D eigenvalue weighted by atomic mass is 16.5. The summed E-state index contributed by atoms with van der Waals surface area (Å²) in [5.41, 5.74) is 3.28. The summed E-state index contributed by atoms with van der Waals surface area (Å²) in [6, 6.07) is 12.2. The maximum Gasteiger partial charge on any atom is 0.337 e. The molecule has 0 radical (unpaired) electrons. The normalized spacial score (nSPS) is 10.1. The van der Waals surface area contributed by atoms with Crippen LogP contribution in [-0.2, 0) is 9.53 Å². The highest BCUT2D eigenvalue weighted by Crippen LogP contribution is 2.17. The van der Waals surface area contributed by atoms with E-state index in [0.29, 0.717) is 16.8 Å². The van der Waals surface area contributed by atoms with Gasteiger partial charge in [-0.3, -0.25) is 9.59 Å². The summed E-state index contributed by atoms with van der Waals surface area (Å²) in [4.78, 5) is 35.7. The van der Waals surface area contributed by atoms with Crippen molar-refractivity contribution in [1.29, 1.82) is 0 Å². The molecule has 2 aromatic carbocycles. The number of esters is 1. The molecular formula is C20H22N2O4. The lowest BCUT2D eigenvalue weighted by molar-refractivity contribution is -0.116. The number of rotatable bonds is 6. The van der Waals surface area contributed by atoms with Crippen molar-refractivity contribution in [3.63, 3.8) is 0 Å². The Labute approximate surface area is 152 Å². The Morgan fingerprint density at radius 2 is 1.73 bits per heavy atom. The molecule has 0 unspecified atom stereocenters. The Bertz CT molecular complexity index is 830. The Balaban J connectivity index is 1.86. The molecule has 6 heteroatoms. The molecule has 0 saturated carbocycles. The number of hydrogen-bond donors (Lipinski definition) is 2. The van der Waals surface area contributed by atoms with Gasteiger partial charge in [0.05, 0.1) is 12.7 Å². The van der Waals surface area contributed by atoms with Crippen LogP contribution >= 0.6 is 0 Å². The van der Waals surface area contributed by atoms with Gasteiger partial charge < -0.3 is 15.4 Å². The number of ether oxygens (including phenoxy) is 1. The predicted octanol–water partition coefficient (Wildman–Crippen LogP) is 2.85. The fourth-order valence-corrected chi connectivity index (χ4v) is 2.47. The van der Waals surface area contributed by atoms with Crippen LogP contribution in [0.2, 0.25) is 0 Å². The summed E-state index contributed by atoms with van der Waals surface area (Å²) in [7, 11) is 1.32. The van der Waals surface area contributed by atoms with E-state index in [9.17, 15) is 14.4 Å². The summed E-state index contributed by atoms with van der Waals surface area (Å²) in [6.45, 7) is 3.89. The van der Waals surface area contributed by atoms with Crippen LogP contribution in [0.4, 0.5) is 5.69 Å². The van der Waals surface area contributed by atoms with Crippen LogP contribution < -0.4 is 10.6 Å². The third kappa shape index (κ3) is 4.92. The number of carbonyl (C=O) groups is 3. The van der Waals surface area contributed by atoms with Crippen molar-refractivity contribution in [2.45, 2.75) is 20.3 Å². The predicted molar refractivity (Wildman–Crippen MR) is 99.3 cm³/mol. The summed E-state index contributed by atoms with van der Waals surface area (Å²) in [5, 5.41) is 5.52. The van der Waals surface area contributed by atoms with E-state index in [-0.39, 0.29) is 24.8 Å². The number of nitrogens with one attached hydrogen (secondary N) is 2. The number of hydrogen-bond acceptors (Lipinski definition) is 4. The molecule has 26 heavy (non-hydrogen) atoms. The van der Waals surface area contributed by atoms with E-state index in [1.165, 1.54) is 7.11 Å². The molecule has 2 N–H and O–H groups in total. The van der Waals surface area contributed by atoms with Crippen molar-refractivity contribution in [3.8, 4) is 0 Å². The van der Waals surface area contributed by atoms with Crippen molar-refractivity contribution >= 4 is 23.5 Å². The molecule has 2 amide bonds. The summed E-state index contributed by atoms with van der Waals surface area (Å²) >= 11 is 0. The maximum atomic E-state index is 12.1. The first-order valence-electron chi connectivity index (χ1n) is 8.25. The smallest absolute Gasteiger partial charge is 0.337 e. The molecule has 0 heterocycles. The van der Waals surface area contributed by atoms with E-state index in [0.717, 1.165) is 11.1 Å². The lowest BCUT2D eigenvalue weighted by Crippen LogP contribution is -2.28. The van der Waals surface area contributed by atoms with E-state index in [2.05, 4.69) is 15.4 Å². The van der Waals surface area contributed by atoms with Gasteiger partial charge in [0, 0.05) is 24.2 Å². The molecule has 0 aromatic heterocycles. The largest absolute Gasteiger partial charge is 0.465 e. The van der Waals surface area contributed by atoms with E-state index in [4.69, 9.17) is 0 Å². The lowest BCUT2D eigenvalue weighted by atomic mass is 10.1. The summed E-state index contributed by atoms with van der Waals surface area (Å²) in [6.07, 6.45) is 0.149. The van der Waals surface area contributed by atoms with Crippen LogP contribution in [0.15, 0.2) is 42.5 Å². The van der Waals surface area contributed by atoms with Crippen molar-refractivity contribution in [2.24, 2.45) is 0 Å². The maximum absolute atomic E-state index is 12.1. The summed E-state index contributed by atoms with van der Waals surface area (Å²) in [5.74, 6) is -0.844. The van der Waals surface area contributed by atoms with Crippen LogP contribution in [0.5, 0.6) is 0 Å². The van der Waals surface area contributed by atoms with Crippen molar-refractivity contribution in [2.75, 3.05) is 19.0 Å². The molecule has 0 aliphatic carbocycles. The first-order valence-corrected chi connectivity index (χ1v) is 8.25. The van der Waals surface area contributed by atoms with Gasteiger partial charge >= 0.3 is 5.97 Å². The Morgan fingerprint density at radius 3 is 2.38 bits per heavy atom. The minimum absolute atomic E-state index is 0.149. The zero-order chi connectivity index (χ0) is 19.1. The fourth-order valence-electron chi connectivity index (χ4n) is 2.47. The SMILES string of the molecule is COC(=O)c1ccc(NC(=O)CCNC(=O)c2ccccc2C)c(C)c1. The van der Waals surface area contributed by atoms with Gasteiger partial charge in [0.1, 0.15) is 0 Å². The van der Waals surface area contributed by atoms with E-state index >= 15 is 0 Å². The van der Waals surface area contributed by atoms with E-state index in [1.807, 2.05) is 19.1 Å². The zero-order valence-electron chi connectivity index (χ0n) is 15.1. The third-order valence-electron chi connectivity index (χ3n) is 3.95. The van der Waals surface area contributed by atoms with Gasteiger partial charge in [-0.2, -0.15) is 0 Å². The molecule has 136 valence electrons. The van der Waals surface area contributed by atoms with Crippen LogP contribution in [0, 0.1) is 13.8 Å². The monoisotopic (exact) mass is 354 g/mol. The molecule has 6 nitrogen and oxygen atoms in total. The quantitative estimate of drug-likeness (QED) is 0.781. The number of methoxy groups -OCH3 is 1. The average Bonchev–Trinajstić information content (AvgIpc) is 2.63. The number of aryl methyl sites for hydroxylation is 2. The Hall–Kier alpha value is -3.15. The molecule has 2 aromatic rings. The lowest BCUT2D eigenvalue weighted by Gasteiger charge is -2.11. The second kappa shape index (κ2) is 8.80. The van der Waals surface area contributed by atoms with Crippen molar-refractivity contribution < 1.29 is 19.1 Å². The van der Waals surface area contributed by atoms with Crippen LogP contribution in [0.1, 0.15) is 38.3 Å². The van der Waals surface area contributed by atoms with Gasteiger partial charge in [0.2, 0.25) is 5.91 Å². The number of carbonyl (C=O) groups excluding carboxylic acids is 3. The van der Waals surface area contributed by atoms with Gasteiger partial charge in [0.25, 0.3) is 5.91 Å². The summed E-state index contributed by atoms with van der Waals surface area (Å²) < 4.78 is 4.67. The standard InChI is InChI=1S/C20H22N2O4/c1-13-6-4-5-7-16(13)19(24)21-11-10-18(23)22-17-9-8-15(12-14(17)2)20(25)26-3/h4-9,12H,10-11H2,1-3H3,(H,21,24)(H,22,23).